The van der Waals surface area contributed by atoms with Crippen LogP contribution >= 0.6 is 0 Å². The highest BCUT2D eigenvalue weighted by atomic mass is 16.3. The number of hydrogen-bond acceptors (Lipinski definition) is 12. The predicted octanol–water partition coefficient (Wildman–Crippen LogP) is 27.9. The molecule has 570 valence electrons. The van der Waals surface area contributed by atoms with Crippen LogP contribution in [0.15, 0.2) is 422 Å². The van der Waals surface area contributed by atoms with Gasteiger partial charge in [0.15, 0.2) is 40.5 Å². The lowest BCUT2D eigenvalue weighted by Crippen LogP contribution is -2.00. The first-order valence-electron chi connectivity index (χ1n) is 40.5. The van der Waals surface area contributed by atoms with E-state index in [2.05, 4.69) is 273 Å². The van der Waals surface area contributed by atoms with Crippen molar-refractivity contribution in [1.29, 1.82) is 0 Å². The molecular weight excluding hydrogens is 1490 g/mol. The summed E-state index contributed by atoms with van der Waals surface area (Å²) < 4.78 is 12.5. The van der Waals surface area contributed by atoms with E-state index in [0.717, 1.165) is 188 Å². The molecule has 0 atom stereocenters. The van der Waals surface area contributed by atoms with E-state index in [1.165, 1.54) is 11.1 Å². The number of furan rings is 2. The molecule has 16 aromatic carbocycles. The Balaban J connectivity index is 0.000000146. The summed E-state index contributed by atoms with van der Waals surface area (Å²) in [6.07, 6.45) is 3.72. The second-order valence-electron chi connectivity index (χ2n) is 30.2. The largest absolute Gasteiger partial charge is 0.456 e. The van der Waals surface area contributed by atoms with Gasteiger partial charge in [0.25, 0.3) is 0 Å². The molecule has 0 aliphatic rings. The molecule has 0 aliphatic heterocycles. The van der Waals surface area contributed by atoms with Gasteiger partial charge in [0.2, 0.25) is 0 Å². The van der Waals surface area contributed by atoms with E-state index in [-0.39, 0.29) is 0 Å². The topological polar surface area (TPSA) is 155 Å². The maximum absolute atomic E-state index is 6.30. The number of nitrogens with zero attached hydrogens (tertiary/aromatic N) is 10. The van der Waals surface area contributed by atoms with Crippen molar-refractivity contribution in [1.82, 2.24) is 49.8 Å². The highest BCUT2D eigenvalue weighted by Crippen LogP contribution is 2.41. The average molecular weight is 1560 g/mol. The number of hydrogen-bond donors (Lipinski definition) is 0. The zero-order valence-electron chi connectivity index (χ0n) is 65.5. The lowest BCUT2D eigenvalue weighted by molar-refractivity contribution is 0.669. The molecule has 12 nitrogen and oxygen atoms in total. The minimum atomic E-state index is 0.616. The van der Waals surface area contributed by atoms with Crippen molar-refractivity contribution in [3.05, 3.63) is 413 Å². The molecule has 12 heteroatoms. The third kappa shape index (κ3) is 14.1. The van der Waals surface area contributed by atoms with Crippen LogP contribution in [0.2, 0.25) is 0 Å². The maximum atomic E-state index is 6.30. The molecule has 0 bridgehead atoms. The molecule has 23 rings (SSSR count). The summed E-state index contributed by atoms with van der Waals surface area (Å²) in [7, 11) is 0. The van der Waals surface area contributed by atoms with Crippen LogP contribution in [-0.4, -0.2) is 49.8 Å². The quantitative estimate of drug-likeness (QED) is 0.0952. The lowest BCUT2D eigenvalue weighted by atomic mass is 9.95. The Morgan fingerprint density at radius 3 is 1.03 bits per heavy atom. The van der Waals surface area contributed by atoms with Gasteiger partial charge in [0, 0.05) is 83.7 Å². The lowest BCUT2D eigenvalue weighted by Gasteiger charge is -2.12. The van der Waals surface area contributed by atoms with E-state index < -0.39 is 0 Å². The first-order valence-corrected chi connectivity index (χ1v) is 40.5. The fourth-order valence-electron chi connectivity index (χ4n) is 16.3. The third-order valence-electron chi connectivity index (χ3n) is 22.5. The summed E-state index contributed by atoms with van der Waals surface area (Å²) in [5, 5.41) is 5.09. The Labute approximate surface area is 701 Å². The third-order valence-corrected chi connectivity index (χ3v) is 22.5. The molecule has 0 unspecified atom stereocenters. The van der Waals surface area contributed by atoms with E-state index in [0.29, 0.717) is 34.9 Å². The van der Waals surface area contributed by atoms with Crippen LogP contribution in [0.25, 0.3) is 234 Å². The number of fused-ring (bicyclic) bond motifs is 10. The summed E-state index contributed by atoms with van der Waals surface area (Å²) in [4.78, 5) is 49.9. The Morgan fingerprint density at radius 1 is 0.164 bits per heavy atom. The standard InChI is InChI=1S/C57H35N5O.C53H33N5O/c1-3-13-36(14-4-1)37-27-29-39(30-28-37)56-60-55(38-15-5-2-6-16-38)61-57(62-56)45-22-11-20-43(33-45)41-18-9-17-40(31-41)42-19-10-21-44(32-42)46-24-12-25-49-54(46)59-50-34-48-47-23-7-8-26-52(47)63-53(48)35-51(50)58-49;1-3-12-34(13-4-1)35-24-26-37(27-25-35)52-56-51(36-14-5-2-6-15-36)57-53(58-52)43-21-11-19-41(30-43)39-17-9-16-38(28-39)40-18-10-20-42(29-40)48-31-45-46-32-54-47-23-8-7-22-44(47)50(46)59-49(45)33-55-48/h1-35H;1-33H. The van der Waals surface area contributed by atoms with Crippen LogP contribution in [0, 0.1) is 0 Å². The first-order chi connectivity index (χ1) is 60.4. The van der Waals surface area contributed by atoms with Gasteiger partial charge >= 0.3 is 0 Å². The summed E-state index contributed by atoms with van der Waals surface area (Å²) in [5.41, 5.74) is 30.4. The fraction of sp³-hybridized carbons (Fsp3) is 0. The van der Waals surface area contributed by atoms with Crippen molar-refractivity contribution in [3.8, 4) is 157 Å². The molecule has 122 heavy (non-hydrogen) atoms. The van der Waals surface area contributed by atoms with Crippen molar-refractivity contribution in [2.75, 3.05) is 0 Å². The average Bonchev–Trinajstić information content (AvgIpc) is 1.64. The smallest absolute Gasteiger partial charge is 0.164 e. The molecule has 0 radical (unpaired) electrons. The van der Waals surface area contributed by atoms with Crippen LogP contribution in [0.3, 0.4) is 0 Å². The summed E-state index contributed by atoms with van der Waals surface area (Å²) in [6.45, 7) is 0. The Hall–Kier alpha value is -16.7. The molecule has 0 N–H and O–H groups in total. The van der Waals surface area contributed by atoms with Crippen LogP contribution < -0.4 is 0 Å². The first kappa shape index (κ1) is 71.8. The van der Waals surface area contributed by atoms with E-state index in [9.17, 15) is 0 Å². The molecule has 0 amide bonds. The number of rotatable bonds is 14. The normalized spacial score (nSPS) is 11.4. The highest BCUT2D eigenvalue weighted by Gasteiger charge is 2.21. The Kier molecular flexibility index (Phi) is 18.3. The zero-order valence-corrected chi connectivity index (χ0v) is 65.5. The molecule has 0 saturated heterocycles. The van der Waals surface area contributed by atoms with Gasteiger partial charge in [-0.05, 0) is 145 Å². The van der Waals surface area contributed by atoms with Crippen LogP contribution in [0.4, 0.5) is 0 Å². The monoisotopic (exact) mass is 1560 g/mol. The summed E-state index contributed by atoms with van der Waals surface area (Å²) in [6, 6.07) is 138. The molecule has 0 saturated carbocycles. The minimum absolute atomic E-state index is 0.616. The van der Waals surface area contributed by atoms with Crippen LogP contribution in [0.5, 0.6) is 0 Å². The number of aromatic nitrogens is 10. The Morgan fingerprint density at radius 2 is 0.516 bits per heavy atom. The fourth-order valence-corrected chi connectivity index (χ4v) is 16.3. The molecule has 0 fully saturated rings. The van der Waals surface area contributed by atoms with Gasteiger partial charge in [-0.25, -0.2) is 39.9 Å². The Bertz CT molecular complexity index is 7940. The number of benzene rings is 16. The van der Waals surface area contributed by atoms with E-state index in [1.807, 2.05) is 140 Å². The molecule has 0 aliphatic carbocycles. The molecule has 23 aromatic rings. The summed E-state index contributed by atoms with van der Waals surface area (Å²) in [5.74, 6) is 3.74. The molecule has 0 spiro atoms. The second-order valence-corrected chi connectivity index (χ2v) is 30.2. The summed E-state index contributed by atoms with van der Waals surface area (Å²) >= 11 is 0. The molecular formula is C110H68N10O2. The zero-order chi connectivity index (χ0) is 80.8. The number of para-hydroxylation sites is 3. The van der Waals surface area contributed by atoms with E-state index >= 15 is 0 Å². The van der Waals surface area contributed by atoms with Gasteiger partial charge in [0.1, 0.15) is 16.7 Å². The predicted molar refractivity (Wildman–Crippen MR) is 494 cm³/mol. The maximum Gasteiger partial charge on any atom is 0.164 e. The minimum Gasteiger partial charge on any atom is -0.456 e. The van der Waals surface area contributed by atoms with Crippen molar-refractivity contribution in [3.63, 3.8) is 0 Å². The van der Waals surface area contributed by atoms with Crippen LogP contribution in [0.1, 0.15) is 0 Å². The van der Waals surface area contributed by atoms with Crippen molar-refractivity contribution >= 4 is 76.8 Å². The second kappa shape index (κ2) is 31.1. The van der Waals surface area contributed by atoms with E-state index in [1.54, 1.807) is 0 Å². The molecule has 7 aromatic heterocycles. The van der Waals surface area contributed by atoms with Gasteiger partial charge < -0.3 is 8.83 Å². The van der Waals surface area contributed by atoms with Crippen molar-refractivity contribution < 1.29 is 8.83 Å². The van der Waals surface area contributed by atoms with E-state index in [4.69, 9.17) is 58.7 Å². The van der Waals surface area contributed by atoms with Gasteiger partial charge in [0.05, 0.1) is 39.5 Å². The van der Waals surface area contributed by atoms with Gasteiger partial charge in [-0.3, -0.25) is 9.97 Å². The highest BCUT2D eigenvalue weighted by molar-refractivity contribution is 6.14. The SMILES string of the molecule is c1ccc(-c2ccc(-c3nc(-c4ccccc4)nc(-c4cccc(-c5cccc(-c6cccc(-c7cc8c(cn7)oc7c9ccccc9ncc87)c6)c5)c4)n3)cc2)cc1.c1ccc(-c2ccc(-c3nc(-c4ccccc4)nc(-c4cccc(-c5cccc(-c6cccc(-c7cccc8nc9cc%10oc%11ccccc%11c%10cc9nc78)c6)c5)c4)n3)cc2)cc1. The van der Waals surface area contributed by atoms with Crippen LogP contribution in [-0.2, 0) is 0 Å². The van der Waals surface area contributed by atoms with Gasteiger partial charge in [-0.15, -0.1) is 0 Å². The van der Waals surface area contributed by atoms with Gasteiger partial charge in [-0.1, -0.05) is 322 Å². The van der Waals surface area contributed by atoms with Crippen molar-refractivity contribution in [2.24, 2.45) is 0 Å². The van der Waals surface area contributed by atoms with Crippen molar-refractivity contribution in [2.45, 2.75) is 0 Å². The van der Waals surface area contributed by atoms with Gasteiger partial charge in [-0.2, -0.15) is 0 Å². The number of pyridine rings is 2. The molecule has 7 heterocycles.